The first kappa shape index (κ1) is 24.6. The summed E-state index contributed by atoms with van der Waals surface area (Å²) in [6, 6.07) is 3.94. The highest BCUT2D eigenvalue weighted by molar-refractivity contribution is 5.73. The molecule has 0 aromatic heterocycles. The molecule has 2 amide bonds. The van der Waals surface area contributed by atoms with Crippen molar-refractivity contribution in [2.45, 2.75) is 71.6 Å². The van der Waals surface area contributed by atoms with Gasteiger partial charge < -0.3 is 28.9 Å². The zero-order valence-electron chi connectivity index (χ0n) is 21.4. The van der Waals surface area contributed by atoms with Crippen molar-refractivity contribution in [3.05, 3.63) is 23.3 Å². The summed E-state index contributed by atoms with van der Waals surface area (Å²) in [5.74, 6) is 1.26. The maximum Gasteiger partial charge on any atom is 0.415 e. The molecule has 1 fully saturated rings. The number of rotatable bonds is 6. The number of benzene rings is 1. The first-order valence-electron chi connectivity index (χ1n) is 12.7. The molecule has 0 bridgehead atoms. The summed E-state index contributed by atoms with van der Waals surface area (Å²) in [6.45, 7) is 14.1. The van der Waals surface area contributed by atoms with Gasteiger partial charge in [-0.3, -0.25) is 0 Å². The van der Waals surface area contributed by atoms with Crippen LogP contribution in [-0.4, -0.2) is 78.9 Å². The fraction of sp³-hybridized carbons (Fsp3) is 0.692. The number of carbonyl (C=O) groups excluding carboxylic acids is 2. The lowest BCUT2D eigenvalue weighted by Crippen LogP contribution is -2.41. The fourth-order valence-electron chi connectivity index (χ4n) is 6.11. The van der Waals surface area contributed by atoms with Crippen LogP contribution in [0.4, 0.5) is 9.59 Å². The maximum atomic E-state index is 12.8. The molecule has 0 saturated heterocycles. The molecule has 4 rings (SSSR count). The van der Waals surface area contributed by atoms with Crippen molar-refractivity contribution in [2.24, 2.45) is 5.92 Å². The van der Waals surface area contributed by atoms with E-state index in [2.05, 4.69) is 24.9 Å². The molecule has 1 aromatic carbocycles. The van der Waals surface area contributed by atoms with Gasteiger partial charge in [-0.1, -0.05) is 13.0 Å². The topological polar surface area (TPSA) is 71.5 Å². The van der Waals surface area contributed by atoms with Crippen molar-refractivity contribution in [1.29, 1.82) is 0 Å². The van der Waals surface area contributed by atoms with Gasteiger partial charge in [0.2, 0.25) is 0 Å². The molecule has 2 aliphatic heterocycles. The smallest absolute Gasteiger partial charge is 0.415 e. The number of amides is 2. The molecule has 1 aromatic rings. The number of nitrogens with zero attached hydrogens (tertiary/aromatic N) is 3. The van der Waals surface area contributed by atoms with Crippen LogP contribution in [0.15, 0.2) is 12.1 Å². The van der Waals surface area contributed by atoms with Gasteiger partial charge in [0, 0.05) is 56.0 Å². The fourth-order valence-corrected chi connectivity index (χ4v) is 6.11. The van der Waals surface area contributed by atoms with E-state index in [4.69, 9.17) is 14.2 Å². The molecule has 1 aliphatic carbocycles. The van der Waals surface area contributed by atoms with Crippen LogP contribution in [0.2, 0.25) is 0 Å². The Bertz CT molecular complexity index is 929. The van der Waals surface area contributed by atoms with Gasteiger partial charge in [0.25, 0.3) is 0 Å². The van der Waals surface area contributed by atoms with E-state index in [1.165, 1.54) is 5.56 Å². The van der Waals surface area contributed by atoms with Crippen molar-refractivity contribution in [3.63, 3.8) is 0 Å². The number of hydrogen-bond donors (Lipinski definition) is 0. The van der Waals surface area contributed by atoms with Crippen molar-refractivity contribution in [2.75, 3.05) is 39.8 Å². The summed E-state index contributed by atoms with van der Waals surface area (Å²) in [5.41, 5.74) is 2.06. The molecular weight excluding hydrogens is 434 g/mol. The van der Waals surface area contributed by atoms with Crippen LogP contribution in [0.25, 0.3) is 0 Å². The van der Waals surface area contributed by atoms with Crippen LogP contribution in [0.3, 0.4) is 0 Å². The van der Waals surface area contributed by atoms with Crippen molar-refractivity contribution in [1.82, 2.24) is 14.7 Å². The van der Waals surface area contributed by atoms with E-state index in [1.54, 1.807) is 9.80 Å². The molecule has 8 heteroatoms. The molecule has 34 heavy (non-hydrogen) atoms. The highest BCUT2D eigenvalue weighted by atomic mass is 16.6. The van der Waals surface area contributed by atoms with Crippen molar-refractivity contribution < 1.29 is 23.8 Å². The monoisotopic (exact) mass is 473 g/mol. The summed E-state index contributed by atoms with van der Waals surface area (Å²) in [7, 11) is 2.13. The number of hydrogen-bond acceptors (Lipinski definition) is 6. The summed E-state index contributed by atoms with van der Waals surface area (Å²) in [4.78, 5) is 31.2. The molecule has 188 valence electrons. The summed E-state index contributed by atoms with van der Waals surface area (Å²) in [6.07, 6.45) is 0.583. The molecular formula is C26H39N3O5. The van der Waals surface area contributed by atoms with Gasteiger partial charge in [0.15, 0.2) is 11.5 Å². The zero-order chi connectivity index (χ0) is 24.6. The number of ether oxygens (including phenoxy) is 3. The Morgan fingerprint density at radius 1 is 1.09 bits per heavy atom. The Kier molecular flexibility index (Phi) is 6.99. The van der Waals surface area contributed by atoms with Gasteiger partial charge in [-0.05, 0) is 59.3 Å². The minimum absolute atomic E-state index is 0.0808. The third-order valence-corrected chi connectivity index (χ3v) is 8.16. The molecule has 0 radical (unpaired) electrons. The first-order valence-corrected chi connectivity index (χ1v) is 12.7. The van der Waals surface area contributed by atoms with Gasteiger partial charge in [-0.25, -0.2) is 9.59 Å². The van der Waals surface area contributed by atoms with Crippen LogP contribution in [0.5, 0.6) is 11.5 Å². The van der Waals surface area contributed by atoms with Crippen LogP contribution in [0, 0.1) is 5.92 Å². The normalized spacial score (nSPS) is 27.3. The van der Waals surface area contributed by atoms with Crippen LogP contribution < -0.4 is 9.47 Å². The van der Waals surface area contributed by atoms with Crippen molar-refractivity contribution >= 4 is 12.2 Å². The Labute approximate surface area is 203 Å². The quantitative estimate of drug-likeness (QED) is 0.615. The van der Waals surface area contributed by atoms with E-state index in [1.807, 2.05) is 33.8 Å². The largest absolute Gasteiger partial charge is 0.485 e. The average Bonchev–Trinajstić information content (AvgIpc) is 3.21. The zero-order valence-corrected chi connectivity index (χ0v) is 21.4. The van der Waals surface area contributed by atoms with Crippen molar-refractivity contribution in [3.8, 4) is 11.5 Å². The lowest BCUT2D eigenvalue weighted by Gasteiger charge is -2.34. The van der Waals surface area contributed by atoms with E-state index in [0.29, 0.717) is 44.1 Å². The number of carbonyl (C=O) groups is 2. The molecule has 1 unspecified atom stereocenters. The van der Waals surface area contributed by atoms with Crippen LogP contribution in [0.1, 0.15) is 58.6 Å². The van der Waals surface area contributed by atoms with E-state index < -0.39 is 0 Å². The van der Waals surface area contributed by atoms with Gasteiger partial charge in [-0.15, -0.1) is 0 Å². The molecule has 1 saturated carbocycles. The Morgan fingerprint density at radius 3 is 2.38 bits per heavy atom. The third kappa shape index (κ3) is 3.89. The second kappa shape index (κ2) is 9.64. The van der Waals surface area contributed by atoms with E-state index in [-0.39, 0.29) is 35.7 Å². The molecule has 4 atom stereocenters. The lowest BCUT2D eigenvalue weighted by atomic mass is 9.69. The minimum Gasteiger partial charge on any atom is -0.485 e. The van der Waals surface area contributed by atoms with Gasteiger partial charge >= 0.3 is 12.2 Å². The molecule has 0 N–H and O–H groups in total. The molecule has 3 aliphatic rings. The van der Waals surface area contributed by atoms with E-state index in [0.717, 1.165) is 25.1 Å². The standard InChI is InChI=1S/C26H39N3O5/c1-7-28(8-2)24(30)32-19-12-11-18-16-27(6)14-13-26-17(5)20(33-25(31)29(9-3)10-4)15-21(26)34-23(19)22(18)26/h11-12,17,20-21H,7-10,13-16H2,1-6H3/t17?,20-,21+,26-/m1/s1. The van der Waals surface area contributed by atoms with Crippen LogP contribution in [-0.2, 0) is 16.7 Å². The lowest BCUT2D eigenvalue weighted by molar-refractivity contribution is 0.0415. The molecule has 1 spiro atoms. The third-order valence-electron chi connectivity index (χ3n) is 8.16. The molecule has 2 heterocycles. The maximum absolute atomic E-state index is 12.8. The Hall–Kier alpha value is -2.48. The second-order valence-electron chi connectivity index (χ2n) is 9.72. The van der Waals surface area contributed by atoms with E-state index in [9.17, 15) is 9.59 Å². The summed E-state index contributed by atoms with van der Waals surface area (Å²) in [5, 5.41) is 0. The Balaban J connectivity index is 1.70. The molecule has 8 nitrogen and oxygen atoms in total. The van der Waals surface area contributed by atoms with Gasteiger partial charge in [-0.2, -0.15) is 0 Å². The van der Waals surface area contributed by atoms with Crippen LogP contribution >= 0.6 is 0 Å². The Morgan fingerprint density at radius 2 is 1.74 bits per heavy atom. The highest BCUT2D eigenvalue weighted by Crippen LogP contribution is 2.61. The summed E-state index contributed by atoms with van der Waals surface area (Å²) < 4.78 is 18.5. The summed E-state index contributed by atoms with van der Waals surface area (Å²) >= 11 is 0. The minimum atomic E-state index is -0.360. The first-order chi connectivity index (χ1) is 16.3. The predicted octanol–water partition coefficient (Wildman–Crippen LogP) is 4.25. The highest BCUT2D eigenvalue weighted by Gasteiger charge is 2.62. The van der Waals surface area contributed by atoms with E-state index >= 15 is 0 Å². The van der Waals surface area contributed by atoms with Gasteiger partial charge in [0.05, 0.1) is 0 Å². The average molecular weight is 474 g/mol. The second-order valence-corrected chi connectivity index (χ2v) is 9.72. The predicted molar refractivity (Wildman–Crippen MR) is 129 cm³/mol. The van der Waals surface area contributed by atoms with Gasteiger partial charge in [0.1, 0.15) is 12.2 Å². The SMILES string of the molecule is CCN(CC)C(=O)Oc1ccc2c3c1O[C@H]1C[C@@H](OC(=O)N(CC)CC)C(C)[C@@]31CCN(C)C2.